The Labute approximate surface area is 170 Å². The summed E-state index contributed by atoms with van der Waals surface area (Å²) in [6.45, 7) is 11.7. The molecule has 0 radical (unpaired) electrons. The monoisotopic (exact) mass is 393 g/mol. The van der Waals surface area contributed by atoms with Gasteiger partial charge in [-0.05, 0) is 61.6 Å². The van der Waals surface area contributed by atoms with Crippen molar-refractivity contribution in [3.63, 3.8) is 0 Å². The van der Waals surface area contributed by atoms with Crippen molar-refractivity contribution in [2.75, 3.05) is 31.1 Å². The number of amides is 1. The van der Waals surface area contributed by atoms with Crippen molar-refractivity contribution in [2.24, 2.45) is 0 Å². The maximum atomic E-state index is 12.7. The molecular formula is C23H27N3OS. The van der Waals surface area contributed by atoms with Gasteiger partial charge in [0.1, 0.15) is 0 Å². The molecule has 1 fully saturated rings. The Kier molecular flexibility index (Phi) is 5.11. The van der Waals surface area contributed by atoms with E-state index in [-0.39, 0.29) is 5.91 Å². The molecule has 0 spiro atoms. The van der Waals surface area contributed by atoms with Crippen LogP contribution >= 0.6 is 11.3 Å². The van der Waals surface area contributed by atoms with E-state index < -0.39 is 0 Å². The Balaban J connectivity index is 1.41. The summed E-state index contributed by atoms with van der Waals surface area (Å²) in [7, 11) is 0. The highest BCUT2D eigenvalue weighted by Crippen LogP contribution is 2.32. The largest absolute Gasteiger partial charge is 0.345 e. The topological polar surface area (TPSA) is 36.4 Å². The van der Waals surface area contributed by atoms with Gasteiger partial charge in [0.15, 0.2) is 5.13 Å². The molecule has 5 heteroatoms. The number of aromatic nitrogens is 1. The van der Waals surface area contributed by atoms with Crippen LogP contribution in [0.5, 0.6) is 0 Å². The van der Waals surface area contributed by atoms with Gasteiger partial charge in [-0.3, -0.25) is 4.79 Å². The van der Waals surface area contributed by atoms with Crippen LogP contribution in [0.3, 0.4) is 0 Å². The summed E-state index contributed by atoms with van der Waals surface area (Å²) in [5.74, 6) is 0.221. The number of thiazole rings is 1. The molecule has 1 amide bonds. The van der Waals surface area contributed by atoms with Crippen LogP contribution < -0.4 is 4.90 Å². The highest BCUT2D eigenvalue weighted by molar-refractivity contribution is 7.22. The highest BCUT2D eigenvalue weighted by atomic mass is 32.1. The number of carbonyl (C=O) groups excluding carboxylic acids is 1. The molecule has 0 saturated carbocycles. The number of aryl methyl sites for hydroxylation is 4. The molecular weight excluding hydrogens is 366 g/mol. The standard InChI is InChI=1S/C23H27N3OS/c1-15-11-18(4)22-20(12-15)24-23(28-22)26-9-7-25(8-10-26)21(27)14-19-6-5-16(2)17(3)13-19/h5-6,11-13H,7-10,14H2,1-4H3. The molecule has 2 heterocycles. The molecule has 0 bridgehead atoms. The van der Waals surface area contributed by atoms with E-state index in [1.807, 2.05) is 4.90 Å². The zero-order valence-corrected chi connectivity index (χ0v) is 17.9. The lowest BCUT2D eigenvalue weighted by atomic mass is 10.0. The van der Waals surface area contributed by atoms with Crippen molar-refractivity contribution in [1.29, 1.82) is 0 Å². The second-order valence-corrected chi connectivity index (χ2v) is 8.87. The fraction of sp³-hybridized carbons (Fsp3) is 0.391. The Morgan fingerprint density at radius 3 is 2.43 bits per heavy atom. The molecule has 3 aromatic rings. The molecule has 0 unspecified atom stereocenters. The van der Waals surface area contributed by atoms with E-state index >= 15 is 0 Å². The van der Waals surface area contributed by atoms with Crippen molar-refractivity contribution < 1.29 is 4.79 Å². The van der Waals surface area contributed by atoms with E-state index in [2.05, 4.69) is 62.9 Å². The summed E-state index contributed by atoms with van der Waals surface area (Å²) in [6.07, 6.45) is 0.487. The molecule has 146 valence electrons. The Bertz CT molecular complexity index is 1030. The summed E-state index contributed by atoms with van der Waals surface area (Å²) in [4.78, 5) is 21.9. The zero-order valence-electron chi connectivity index (χ0n) is 17.1. The number of benzene rings is 2. The lowest BCUT2D eigenvalue weighted by Gasteiger charge is -2.34. The average Bonchev–Trinajstić information content (AvgIpc) is 3.09. The van der Waals surface area contributed by atoms with Gasteiger partial charge in [0, 0.05) is 26.2 Å². The van der Waals surface area contributed by atoms with Gasteiger partial charge >= 0.3 is 0 Å². The van der Waals surface area contributed by atoms with Crippen LogP contribution in [0.4, 0.5) is 5.13 Å². The van der Waals surface area contributed by atoms with Crippen molar-refractivity contribution in [3.8, 4) is 0 Å². The zero-order chi connectivity index (χ0) is 19.8. The molecule has 0 N–H and O–H groups in total. The first-order valence-electron chi connectivity index (χ1n) is 9.87. The van der Waals surface area contributed by atoms with E-state index in [0.717, 1.165) is 42.4 Å². The Morgan fingerprint density at radius 1 is 0.964 bits per heavy atom. The summed E-state index contributed by atoms with van der Waals surface area (Å²) in [5, 5.41) is 1.07. The molecule has 4 rings (SSSR count). The maximum Gasteiger partial charge on any atom is 0.227 e. The van der Waals surface area contributed by atoms with Crippen LogP contribution in [-0.4, -0.2) is 42.0 Å². The molecule has 1 aliphatic heterocycles. The Morgan fingerprint density at radius 2 is 1.71 bits per heavy atom. The predicted octanol–water partition coefficient (Wildman–Crippen LogP) is 4.42. The number of hydrogen-bond donors (Lipinski definition) is 0. The number of anilines is 1. The highest BCUT2D eigenvalue weighted by Gasteiger charge is 2.23. The third kappa shape index (κ3) is 3.76. The number of hydrogen-bond acceptors (Lipinski definition) is 4. The number of nitrogens with zero attached hydrogens (tertiary/aromatic N) is 3. The second-order valence-electron chi connectivity index (χ2n) is 7.89. The summed E-state index contributed by atoms with van der Waals surface area (Å²) in [6, 6.07) is 10.7. The van der Waals surface area contributed by atoms with Crippen molar-refractivity contribution in [1.82, 2.24) is 9.88 Å². The summed E-state index contributed by atoms with van der Waals surface area (Å²) >= 11 is 1.77. The molecule has 1 aliphatic rings. The first kappa shape index (κ1) is 18.9. The van der Waals surface area contributed by atoms with Crippen LogP contribution in [0.15, 0.2) is 30.3 Å². The van der Waals surface area contributed by atoms with Crippen molar-refractivity contribution in [2.45, 2.75) is 34.1 Å². The van der Waals surface area contributed by atoms with E-state index in [1.54, 1.807) is 11.3 Å². The summed E-state index contributed by atoms with van der Waals surface area (Å²) < 4.78 is 1.27. The SMILES string of the molecule is Cc1cc(C)c2sc(N3CCN(C(=O)Cc4ccc(C)c(C)c4)CC3)nc2c1. The Hall–Kier alpha value is -2.40. The van der Waals surface area contributed by atoms with Crippen LogP contribution in [0.25, 0.3) is 10.2 Å². The normalized spacial score (nSPS) is 14.7. The molecule has 2 aromatic carbocycles. The number of piperazine rings is 1. The van der Waals surface area contributed by atoms with Crippen LogP contribution in [0.1, 0.15) is 27.8 Å². The van der Waals surface area contributed by atoms with Gasteiger partial charge in [0.05, 0.1) is 16.6 Å². The van der Waals surface area contributed by atoms with Crippen molar-refractivity contribution in [3.05, 3.63) is 58.1 Å². The number of fused-ring (bicyclic) bond motifs is 1. The second kappa shape index (κ2) is 7.55. The fourth-order valence-corrected chi connectivity index (χ4v) is 4.91. The minimum absolute atomic E-state index is 0.221. The van der Waals surface area contributed by atoms with Crippen LogP contribution in [-0.2, 0) is 11.2 Å². The van der Waals surface area contributed by atoms with Gasteiger partial charge in [-0.1, -0.05) is 35.6 Å². The fourth-order valence-electron chi connectivity index (χ4n) is 3.85. The van der Waals surface area contributed by atoms with Crippen LogP contribution in [0, 0.1) is 27.7 Å². The molecule has 1 aromatic heterocycles. The van der Waals surface area contributed by atoms with E-state index in [4.69, 9.17) is 4.98 Å². The van der Waals surface area contributed by atoms with E-state index in [0.29, 0.717) is 6.42 Å². The molecule has 4 nitrogen and oxygen atoms in total. The third-order valence-corrected chi connectivity index (χ3v) is 6.91. The lowest BCUT2D eigenvalue weighted by Crippen LogP contribution is -2.49. The van der Waals surface area contributed by atoms with Gasteiger partial charge < -0.3 is 9.80 Å². The van der Waals surface area contributed by atoms with Gasteiger partial charge in [0.25, 0.3) is 0 Å². The van der Waals surface area contributed by atoms with Gasteiger partial charge in [0.2, 0.25) is 5.91 Å². The third-order valence-electron chi connectivity index (χ3n) is 5.64. The molecule has 0 atom stereocenters. The summed E-state index contributed by atoms with van der Waals surface area (Å²) in [5.41, 5.74) is 7.26. The molecule has 28 heavy (non-hydrogen) atoms. The van der Waals surface area contributed by atoms with Crippen molar-refractivity contribution >= 4 is 32.6 Å². The predicted molar refractivity (Wildman–Crippen MR) is 118 cm³/mol. The lowest BCUT2D eigenvalue weighted by molar-refractivity contribution is -0.130. The van der Waals surface area contributed by atoms with Gasteiger partial charge in [-0.25, -0.2) is 4.98 Å². The van der Waals surface area contributed by atoms with Crippen LogP contribution in [0.2, 0.25) is 0 Å². The molecule has 1 saturated heterocycles. The first-order valence-corrected chi connectivity index (χ1v) is 10.7. The smallest absolute Gasteiger partial charge is 0.227 e. The number of carbonyl (C=O) groups is 1. The van der Waals surface area contributed by atoms with Gasteiger partial charge in [-0.2, -0.15) is 0 Å². The first-order chi connectivity index (χ1) is 13.4. The molecule has 0 aliphatic carbocycles. The minimum atomic E-state index is 0.221. The minimum Gasteiger partial charge on any atom is -0.345 e. The van der Waals surface area contributed by atoms with Gasteiger partial charge in [-0.15, -0.1) is 0 Å². The average molecular weight is 394 g/mol. The van der Waals surface area contributed by atoms with E-state index in [9.17, 15) is 4.79 Å². The quantitative estimate of drug-likeness (QED) is 0.661. The maximum absolute atomic E-state index is 12.7. The number of rotatable bonds is 3. The van der Waals surface area contributed by atoms with E-state index in [1.165, 1.54) is 27.0 Å².